The molecule has 0 amide bonds. The summed E-state index contributed by atoms with van der Waals surface area (Å²) in [7, 11) is 0. The first-order chi connectivity index (χ1) is 10.7. The predicted octanol–water partition coefficient (Wildman–Crippen LogP) is 4.45. The summed E-state index contributed by atoms with van der Waals surface area (Å²) in [4.78, 5) is 8.51. The normalized spacial score (nSPS) is 11.0. The Bertz CT molecular complexity index is 798. The third kappa shape index (κ3) is 2.98. The lowest BCUT2D eigenvalue weighted by atomic mass is 10.1. The van der Waals surface area contributed by atoms with Crippen LogP contribution in [0.4, 0.5) is 17.3 Å². The fraction of sp³-hybridized carbons (Fsp3) is 0.0588. The van der Waals surface area contributed by atoms with E-state index in [0.717, 1.165) is 11.3 Å². The van der Waals surface area contributed by atoms with Crippen LogP contribution < -0.4 is 5.73 Å². The predicted molar refractivity (Wildman–Crippen MR) is 87.2 cm³/mol. The fourth-order valence-electron chi connectivity index (χ4n) is 2.11. The minimum absolute atomic E-state index is 0.231. The van der Waals surface area contributed by atoms with Crippen molar-refractivity contribution < 1.29 is 0 Å². The molecule has 1 heterocycles. The highest BCUT2D eigenvalue weighted by Crippen LogP contribution is 2.32. The van der Waals surface area contributed by atoms with Crippen LogP contribution in [0.15, 0.2) is 70.9 Å². The highest BCUT2D eigenvalue weighted by Gasteiger charge is 2.12. The van der Waals surface area contributed by atoms with Crippen molar-refractivity contribution in [3.8, 4) is 11.3 Å². The number of nitrogens with zero attached hydrogens (tertiary/aromatic N) is 4. The van der Waals surface area contributed by atoms with Gasteiger partial charge in [0.2, 0.25) is 5.95 Å². The van der Waals surface area contributed by atoms with Crippen molar-refractivity contribution in [2.75, 3.05) is 5.73 Å². The van der Waals surface area contributed by atoms with Crippen LogP contribution in [0.2, 0.25) is 0 Å². The quantitative estimate of drug-likeness (QED) is 0.723. The Morgan fingerprint density at radius 1 is 0.818 bits per heavy atom. The Kier molecular flexibility index (Phi) is 3.87. The molecule has 5 nitrogen and oxygen atoms in total. The maximum absolute atomic E-state index is 5.78. The molecule has 0 saturated heterocycles. The Labute approximate surface area is 128 Å². The first-order valence-electron chi connectivity index (χ1n) is 6.90. The van der Waals surface area contributed by atoms with Crippen LogP contribution in [0, 0.1) is 6.92 Å². The summed E-state index contributed by atoms with van der Waals surface area (Å²) >= 11 is 0. The molecule has 2 N–H and O–H groups in total. The lowest BCUT2D eigenvalue weighted by Crippen LogP contribution is -1.99. The van der Waals surface area contributed by atoms with Gasteiger partial charge in [-0.15, -0.1) is 5.11 Å². The van der Waals surface area contributed by atoms with Crippen molar-refractivity contribution in [2.24, 2.45) is 10.2 Å². The van der Waals surface area contributed by atoms with Crippen molar-refractivity contribution in [2.45, 2.75) is 6.92 Å². The first kappa shape index (κ1) is 13.9. The highest BCUT2D eigenvalue weighted by atomic mass is 15.1. The van der Waals surface area contributed by atoms with Gasteiger partial charge < -0.3 is 5.73 Å². The molecule has 0 aliphatic rings. The van der Waals surface area contributed by atoms with E-state index >= 15 is 0 Å². The van der Waals surface area contributed by atoms with Crippen molar-refractivity contribution in [1.82, 2.24) is 9.97 Å². The molecule has 0 radical (unpaired) electrons. The third-order valence-electron chi connectivity index (χ3n) is 3.14. The molecule has 0 fully saturated rings. The van der Waals surface area contributed by atoms with Gasteiger partial charge in [0.15, 0.2) is 0 Å². The molecule has 0 atom stereocenters. The monoisotopic (exact) mass is 289 g/mol. The second kappa shape index (κ2) is 6.13. The third-order valence-corrected chi connectivity index (χ3v) is 3.14. The van der Waals surface area contributed by atoms with Gasteiger partial charge in [-0.3, -0.25) is 0 Å². The van der Waals surface area contributed by atoms with Gasteiger partial charge in [0.25, 0.3) is 0 Å². The molecule has 0 aliphatic heterocycles. The summed E-state index contributed by atoms with van der Waals surface area (Å²) in [5.74, 6) is 0.231. The lowest BCUT2D eigenvalue weighted by molar-refractivity contribution is 1.08. The minimum atomic E-state index is 0.231. The molecule has 1 aromatic heterocycles. The average Bonchev–Trinajstić information content (AvgIpc) is 2.55. The summed E-state index contributed by atoms with van der Waals surface area (Å²) in [6.07, 6.45) is 0. The van der Waals surface area contributed by atoms with Crippen LogP contribution in [-0.2, 0) is 0 Å². The smallest absolute Gasteiger partial charge is 0.220 e. The number of hydrogen-bond donors (Lipinski definition) is 1. The van der Waals surface area contributed by atoms with E-state index < -0.39 is 0 Å². The number of hydrogen-bond acceptors (Lipinski definition) is 5. The van der Waals surface area contributed by atoms with E-state index in [1.54, 1.807) is 0 Å². The number of aryl methyl sites for hydroxylation is 1. The molecule has 0 saturated carbocycles. The maximum Gasteiger partial charge on any atom is 0.220 e. The van der Waals surface area contributed by atoms with E-state index in [1.807, 2.05) is 67.6 Å². The van der Waals surface area contributed by atoms with Gasteiger partial charge >= 0.3 is 0 Å². The van der Waals surface area contributed by atoms with Gasteiger partial charge in [-0.05, 0) is 19.1 Å². The van der Waals surface area contributed by atoms with Crippen LogP contribution in [-0.4, -0.2) is 9.97 Å². The molecular weight excluding hydrogens is 274 g/mol. The van der Waals surface area contributed by atoms with E-state index in [9.17, 15) is 0 Å². The molecule has 0 spiro atoms. The Balaban J connectivity index is 2.09. The summed E-state index contributed by atoms with van der Waals surface area (Å²) in [6, 6.07) is 19.3. The van der Waals surface area contributed by atoms with E-state index in [4.69, 9.17) is 5.73 Å². The van der Waals surface area contributed by atoms with E-state index in [1.165, 1.54) is 0 Å². The van der Waals surface area contributed by atoms with Crippen molar-refractivity contribution in [3.05, 3.63) is 66.4 Å². The largest absolute Gasteiger partial charge is 0.368 e. The topological polar surface area (TPSA) is 76.5 Å². The lowest BCUT2D eigenvalue weighted by Gasteiger charge is -2.07. The van der Waals surface area contributed by atoms with Crippen molar-refractivity contribution in [3.63, 3.8) is 0 Å². The van der Waals surface area contributed by atoms with Crippen LogP contribution in [0.3, 0.4) is 0 Å². The van der Waals surface area contributed by atoms with Gasteiger partial charge in [-0.25, -0.2) is 9.97 Å². The maximum atomic E-state index is 5.78. The van der Waals surface area contributed by atoms with Crippen LogP contribution in [0.25, 0.3) is 11.3 Å². The summed E-state index contributed by atoms with van der Waals surface area (Å²) in [5.41, 5.74) is 9.50. The molecule has 108 valence electrons. The zero-order chi connectivity index (χ0) is 15.4. The molecule has 0 bridgehead atoms. The van der Waals surface area contributed by atoms with Crippen molar-refractivity contribution in [1.29, 1.82) is 0 Å². The summed E-state index contributed by atoms with van der Waals surface area (Å²) < 4.78 is 0. The van der Waals surface area contributed by atoms with Gasteiger partial charge in [0, 0.05) is 5.56 Å². The molecular formula is C17H15N5. The number of nitrogen functional groups attached to an aromatic ring is 1. The van der Waals surface area contributed by atoms with E-state index in [0.29, 0.717) is 17.1 Å². The average molecular weight is 289 g/mol. The number of aromatic nitrogens is 2. The zero-order valence-corrected chi connectivity index (χ0v) is 12.1. The van der Waals surface area contributed by atoms with Gasteiger partial charge in [-0.2, -0.15) is 5.11 Å². The van der Waals surface area contributed by atoms with Crippen LogP contribution >= 0.6 is 0 Å². The van der Waals surface area contributed by atoms with Gasteiger partial charge in [0.05, 0.1) is 11.4 Å². The second-order valence-electron chi connectivity index (χ2n) is 4.77. The molecule has 3 aromatic rings. The number of benzene rings is 2. The Morgan fingerprint density at radius 3 is 2.14 bits per heavy atom. The first-order valence-corrected chi connectivity index (χ1v) is 6.90. The standard InChI is InChI=1S/C17H15N5/c1-12-15(22-21-14-10-6-3-7-11-14)16(20-17(18)19-12)13-8-4-2-5-9-13/h2-11H,1H3,(H2,18,19,20). The summed E-state index contributed by atoms with van der Waals surface area (Å²) in [5, 5.41) is 8.60. The fourth-order valence-corrected chi connectivity index (χ4v) is 2.11. The molecule has 3 rings (SSSR count). The zero-order valence-electron chi connectivity index (χ0n) is 12.1. The minimum Gasteiger partial charge on any atom is -0.368 e. The van der Waals surface area contributed by atoms with E-state index in [2.05, 4.69) is 20.2 Å². The Morgan fingerprint density at radius 2 is 1.45 bits per heavy atom. The number of anilines is 1. The number of nitrogens with two attached hydrogens (primary N) is 1. The van der Waals surface area contributed by atoms with Gasteiger partial charge in [0.1, 0.15) is 11.4 Å². The van der Waals surface area contributed by atoms with Crippen LogP contribution in [0.1, 0.15) is 5.69 Å². The number of rotatable bonds is 3. The summed E-state index contributed by atoms with van der Waals surface area (Å²) in [6.45, 7) is 1.85. The molecule has 5 heteroatoms. The molecule has 22 heavy (non-hydrogen) atoms. The second-order valence-corrected chi connectivity index (χ2v) is 4.77. The number of azo groups is 1. The van der Waals surface area contributed by atoms with Crippen molar-refractivity contribution >= 4 is 17.3 Å². The molecule has 2 aromatic carbocycles. The highest BCUT2D eigenvalue weighted by molar-refractivity contribution is 5.74. The Hall–Kier alpha value is -3.08. The van der Waals surface area contributed by atoms with E-state index in [-0.39, 0.29) is 5.95 Å². The molecule has 0 aliphatic carbocycles. The molecule has 0 unspecified atom stereocenters. The van der Waals surface area contributed by atoms with Crippen LogP contribution in [0.5, 0.6) is 0 Å². The SMILES string of the molecule is Cc1nc(N)nc(-c2ccccc2)c1N=Nc1ccccc1. The van der Waals surface area contributed by atoms with Gasteiger partial charge in [-0.1, -0.05) is 48.5 Å².